The highest BCUT2D eigenvalue weighted by atomic mass is 16.5. The number of likely N-dealkylation sites (N-methyl/N-ethyl adjacent to an activating group) is 1. The Morgan fingerprint density at radius 2 is 2.30 bits per heavy atom. The Bertz CT molecular complexity index is 456. The molecule has 5 nitrogen and oxygen atoms in total. The van der Waals surface area contributed by atoms with Crippen LogP contribution in [0.4, 0.5) is 0 Å². The summed E-state index contributed by atoms with van der Waals surface area (Å²) in [6.45, 7) is 3.39. The zero-order chi connectivity index (χ0) is 14.7. The normalized spacial score (nSPS) is 21.1. The SMILES string of the molecule is COCc1ccc([C@@H]2CCCN2[C@H](C)C(=O)N(C)C)o1. The first-order chi connectivity index (χ1) is 9.54. The van der Waals surface area contributed by atoms with Gasteiger partial charge in [-0.3, -0.25) is 9.69 Å². The molecule has 1 aromatic heterocycles. The van der Waals surface area contributed by atoms with Gasteiger partial charge in [0.15, 0.2) is 0 Å². The van der Waals surface area contributed by atoms with E-state index in [9.17, 15) is 4.79 Å². The highest BCUT2D eigenvalue weighted by Gasteiger charge is 2.35. The number of hydrogen-bond acceptors (Lipinski definition) is 4. The van der Waals surface area contributed by atoms with Crippen LogP contribution in [0.5, 0.6) is 0 Å². The molecule has 0 radical (unpaired) electrons. The fraction of sp³-hybridized carbons (Fsp3) is 0.667. The summed E-state index contributed by atoms with van der Waals surface area (Å²) in [5.41, 5.74) is 0. The Morgan fingerprint density at radius 1 is 1.55 bits per heavy atom. The van der Waals surface area contributed by atoms with Gasteiger partial charge in [-0.1, -0.05) is 0 Å². The van der Waals surface area contributed by atoms with E-state index in [-0.39, 0.29) is 18.0 Å². The third kappa shape index (κ3) is 3.04. The van der Waals surface area contributed by atoms with Gasteiger partial charge in [0, 0.05) is 21.2 Å². The molecule has 20 heavy (non-hydrogen) atoms. The molecule has 2 heterocycles. The third-order valence-electron chi connectivity index (χ3n) is 3.89. The van der Waals surface area contributed by atoms with Crippen LogP contribution in [0.1, 0.15) is 37.3 Å². The molecule has 1 amide bonds. The number of likely N-dealkylation sites (tertiary alicyclic amines) is 1. The number of nitrogens with zero attached hydrogens (tertiary/aromatic N) is 2. The van der Waals surface area contributed by atoms with Crippen LogP contribution in [-0.2, 0) is 16.1 Å². The van der Waals surface area contributed by atoms with E-state index in [0.717, 1.165) is 30.9 Å². The first-order valence-electron chi connectivity index (χ1n) is 7.09. The minimum Gasteiger partial charge on any atom is -0.462 e. The Morgan fingerprint density at radius 3 is 2.95 bits per heavy atom. The first-order valence-corrected chi connectivity index (χ1v) is 7.09. The van der Waals surface area contributed by atoms with E-state index in [0.29, 0.717) is 6.61 Å². The second kappa shape index (κ2) is 6.41. The van der Waals surface area contributed by atoms with Crippen LogP contribution in [0.3, 0.4) is 0 Å². The maximum atomic E-state index is 12.1. The average Bonchev–Trinajstić information content (AvgIpc) is 3.05. The van der Waals surface area contributed by atoms with Crippen LogP contribution in [0.25, 0.3) is 0 Å². The quantitative estimate of drug-likeness (QED) is 0.828. The average molecular weight is 280 g/mol. The second-order valence-electron chi connectivity index (χ2n) is 5.54. The highest BCUT2D eigenvalue weighted by Crippen LogP contribution is 2.34. The number of amides is 1. The van der Waals surface area contributed by atoms with Gasteiger partial charge in [-0.15, -0.1) is 0 Å². The van der Waals surface area contributed by atoms with Gasteiger partial charge in [0.25, 0.3) is 0 Å². The lowest BCUT2D eigenvalue weighted by Gasteiger charge is -2.30. The summed E-state index contributed by atoms with van der Waals surface area (Å²) >= 11 is 0. The lowest BCUT2D eigenvalue weighted by molar-refractivity contribution is -0.134. The van der Waals surface area contributed by atoms with Gasteiger partial charge in [-0.25, -0.2) is 0 Å². The lowest BCUT2D eigenvalue weighted by Crippen LogP contribution is -2.44. The summed E-state index contributed by atoms with van der Waals surface area (Å²) in [6.07, 6.45) is 2.13. The standard InChI is InChI=1S/C15H24N2O3/c1-11(15(18)16(2)3)17-9-5-6-13(17)14-8-7-12(20-14)10-19-4/h7-8,11,13H,5-6,9-10H2,1-4H3/t11-,13+/m1/s1. The molecular weight excluding hydrogens is 256 g/mol. The van der Waals surface area contributed by atoms with Crippen LogP contribution < -0.4 is 0 Å². The molecule has 2 rings (SSSR count). The molecular formula is C15H24N2O3. The summed E-state index contributed by atoms with van der Waals surface area (Å²) in [6, 6.07) is 4.03. The fourth-order valence-corrected chi connectivity index (χ4v) is 2.87. The van der Waals surface area contributed by atoms with Crippen molar-refractivity contribution >= 4 is 5.91 Å². The largest absolute Gasteiger partial charge is 0.462 e. The molecule has 1 aliphatic rings. The molecule has 0 saturated carbocycles. The van der Waals surface area contributed by atoms with Crippen molar-refractivity contribution in [2.45, 2.75) is 38.5 Å². The summed E-state index contributed by atoms with van der Waals surface area (Å²) in [5, 5.41) is 0. The molecule has 1 aromatic rings. The monoisotopic (exact) mass is 280 g/mol. The van der Waals surface area contributed by atoms with Crippen molar-refractivity contribution in [3.63, 3.8) is 0 Å². The van der Waals surface area contributed by atoms with Crippen molar-refractivity contribution in [1.82, 2.24) is 9.80 Å². The Labute approximate surface area is 120 Å². The first kappa shape index (κ1) is 15.1. The Balaban J connectivity index is 2.11. The predicted octanol–water partition coefficient (Wildman–Crippen LogP) is 2.04. The van der Waals surface area contributed by atoms with E-state index >= 15 is 0 Å². The number of rotatable bonds is 5. The molecule has 1 aliphatic heterocycles. The van der Waals surface area contributed by atoms with Gasteiger partial charge in [0.05, 0.1) is 12.1 Å². The van der Waals surface area contributed by atoms with E-state index < -0.39 is 0 Å². The zero-order valence-corrected chi connectivity index (χ0v) is 12.8. The van der Waals surface area contributed by atoms with Crippen molar-refractivity contribution in [3.8, 4) is 0 Å². The van der Waals surface area contributed by atoms with Gasteiger partial charge in [0.2, 0.25) is 5.91 Å². The molecule has 0 unspecified atom stereocenters. The van der Waals surface area contributed by atoms with Gasteiger partial charge in [-0.05, 0) is 38.4 Å². The molecule has 2 atom stereocenters. The third-order valence-corrected chi connectivity index (χ3v) is 3.89. The van der Waals surface area contributed by atoms with Gasteiger partial charge in [0.1, 0.15) is 18.1 Å². The van der Waals surface area contributed by atoms with E-state index in [1.165, 1.54) is 0 Å². The maximum absolute atomic E-state index is 12.1. The van der Waals surface area contributed by atoms with E-state index in [1.807, 2.05) is 19.1 Å². The number of methoxy groups -OCH3 is 1. The molecule has 0 N–H and O–H groups in total. The van der Waals surface area contributed by atoms with Crippen LogP contribution >= 0.6 is 0 Å². The van der Waals surface area contributed by atoms with Crippen LogP contribution in [0.15, 0.2) is 16.5 Å². The molecule has 0 bridgehead atoms. The summed E-state index contributed by atoms with van der Waals surface area (Å²) < 4.78 is 10.9. The van der Waals surface area contributed by atoms with Crippen LogP contribution in [-0.4, -0.2) is 49.5 Å². The molecule has 5 heteroatoms. The second-order valence-corrected chi connectivity index (χ2v) is 5.54. The van der Waals surface area contributed by atoms with Crippen LogP contribution in [0.2, 0.25) is 0 Å². The summed E-state index contributed by atoms with van der Waals surface area (Å²) in [4.78, 5) is 16.0. The van der Waals surface area contributed by atoms with Gasteiger partial charge in [-0.2, -0.15) is 0 Å². The van der Waals surface area contributed by atoms with E-state index in [4.69, 9.17) is 9.15 Å². The van der Waals surface area contributed by atoms with Crippen molar-refractivity contribution in [1.29, 1.82) is 0 Å². The Hall–Kier alpha value is -1.33. The van der Waals surface area contributed by atoms with Crippen molar-refractivity contribution in [2.75, 3.05) is 27.7 Å². The van der Waals surface area contributed by atoms with Crippen molar-refractivity contribution < 1.29 is 13.9 Å². The molecule has 1 fully saturated rings. The van der Waals surface area contributed by atoms with Crippen molar-refractivity contribution in [3.05, 3.63) is 23.7 Å². The number of ether oxygens (including phenoxy) is 1. The smallest absolute Gasteiger partial charge is 0.239 e. The number of hydrogen-bond donors (Lipinski definition) is 0. The van der Waals surface area contributed by atoms with Crippen LogP contribution in [0, 0.1) is 0 Å². The topological polar surface area (TPSA) is 45.9 Å². The zero-order valence-electron chi connectivity index (χ0n) is 12.8. The van der Waals surface area contributed by atoms with E-state index in [2.05, 4.69) is 4.90 Å². The molecule has 0 aliphatic carbocycles. The summed E-state index contributed by atoms with van der Waals surface area (Å²) in [7, 11) is 5.25. The molecule has 0 aromatic carbocycles. The maximum Gasteiger partial charge on any atom is 0.239 e. The van der Waals surface area contributed by atoms with Gasteiger partial charge < -0.3 is 14.1 Å². The lowest BCUT2D eigenvalue weighted by atomic mass is 10.1. The van der Waals surface area contributed by atoms with E-state index in [1.54, 1.807) is 26.1 Å². The minimum absolute atomic E-state index is 0.117. The fourth-order valence-electron chi connectivity index (χ4n) is 2.87. The minimum atomic E-state index is -0.117. The molecule has 0 spiro atoms. The number of furan rings is 1. The highest BCUT2D eigenvalue weighted by molar-refractivity contribution is 5.81. The molecule has 112 valence electrons. The van der Waals surface area contributed by atoms with Crippen molar-refractivity contribution in [2.24, 2.45) is 0 Å². The Kier molecular flexibility index (Phi) is 4.83. The number of carbonyl (C=O) groups excluding carboxylic acids is 1. The van der Waals surface area contributed by atoms with Gasteiger partial charge >= 0.3 is 0 Å². The molecule has 1 saturated heterocycles. The summed E-state index contributed by atoms with van der Waals surface area (Å²) in [5.74, 6) is 1.91. The number of carbonyl (C=O) groups is 1. The predicted molar refractivity (Wildman–Crippen MR) is 76.3 cm³/mol.